The molecule has 0 unspecified atom stereocenters. The highest BCUT2D eigenvalue weighted by Crippen LogP contribution is 2.20. The molecule has 2 fully saturated rings. The van der Waals surface area contributed by atoms with Crippen molar-refractivity contribution in [2.24, 2.45) is 5.92 Å². The Balaban J connectivity index is 1.82. The maximum Gasteiger partial charge on any atom is 0.0107 e. The highest BCUT2D eigenvalue weighted by atomic mass is 15.0. The van der Waals surface area contributed by atoms with Crippen LogP contribution in [0.5, 0.6) is 0 Å². The fourth-order valence-electron chi connectivity index (χ4n) is 2.68. The second-order valence-electron chi connectivity index (χ2n) is 4.52. The predicted molar refractivity (Wildman–Crippen MR) is 55.9 cm³/mol. The summed E-state index contributed by atoms with van der Waals surface area (Å²) in [7, 11) is 0. The number of hydrogen-bond acceptors (Lipinski definition) is 2. The van der Waals surface area contributed by atoms with E-state index >= 15 is 0 Å². The van der Waals surface area contributed by atoms with Crippen LogP contribution < -0.4 is 10.6 Å². The van der Waals surface area contributed by atoms with Crippen LogP contribution in [0.4, 0.5) is 0 Å². The molecule has 2 rings (SSSR count). The van der Waals surface area contributed by atoms with Gasteiger partial charge in [0.15, 0.2) is 0 Å². The average molecular weight is 182 g/mol. The minimum atomic E-state index is 0.815. The van der Waals surface area contributed by atoms with E-state index in [2.05, 4.69) is 10.6 Å². The molecule has 76 valence electrons. The fraction of sp³-hybridized carbons (Fsp3) is 1.00. The van der Waals surface area contributed by atoms with Crippen molar-refractivity contribution in [3.8, 4) is 0 Å². The predicted octanol–water partition coefficient (Wildman–Crippen LogP) is 1.52. The second-order valence-corrected chi connectivity index (χ2v) is 4.52. The van der Waals surface area contributed by atoms with Crippen molar-refractivity contribution in [2.45, 2.75) is 44.6 Å². The lowest BCUT2D eigenvalue weighted by atomic mass is 9.89. The van der Waals surface area contributed by atoms with Crippen molar-refractivity contribution in [1.82, 2.24) is 10.6 Å². The molecule has 2 N–H and O–H groups in total. The molecule has 0 aromatic carbocycles. The van der Waals surface area contributed by atoms with E-state index in [1.54, 1.807) is 0 Å². The molecule has 0 spiro atoms. The van der Waals surface area contributed by atoms with Gasteiger partial charge in [-0.3, -0.25) is 0 Å². The summed E-state index contributed by atoms with van der Waals surface area (Å²) in [4.78, 5) is 0. The summed E-state index contributed by atoms with van der Waals surface area (Å²) in [6, 6.07) is 0.815. The van der Waals surface area contributed by atoms with E-state index in [0.29, 0.717) is 0 Å². The van der Waals surface area contributed by atoms with Crippen LogP contribution in [0.25, 0.3) is 0 Å². The maximum atomic E-state index is 3.71. The molecule has 0 bridgehead atoms. The first kappa shape index (κ1) is 9.47. The summed E-state index contributed by atoms with van der Waals surface area (Å²) in [5.41, 5.74) is 0. The number of nitrogens with one attached hydrogen (secondary N) is 2. The molecule has 2 atom stereocenters. The van der Waals surface area contributed by atoms with Crippen LogP contribution in [0, 0.1) is 5.92 Å². The monoisotopic (exact) mass is 182 g/mol. The molecule has 0 aromatic rings. The normalized spacial score (nSPS) is 36.9. The van der Waals surface area contributed by atoms with E-state index in [-0.39, 0.29) is 0 Å². The minimum absolute atomic E-state index is 0.815. The third-order valence-electron chi connectivity index (χ3n) is 3.50. The summed E-state index contributed by atoms with van der Waals surface area (Å²) >= 11 is 0. The lowest BCUT2D eigenvalue weighted by Gasteiger charge is -2.30. The summed E-state index contributed by atoms with van der Waals surface area (Å²) in [6.07, 6.45) is 8.48. The van der Waals surface area contributed by atoms with Gasteiger partial charge in [0.05, 0.1) is 0 Å². The van der Waals surface area contributed by atoms with Gasteiger partial charge in [-0.15, -0.1) is 0 Å². The molecule has 0 aromatic heterocycles. The maximum absolute atomic E-state index is 3.71. The smallest absolute Gasteiger partial charge is 0.0107 e. The lowest BCUT2D eigenvalue weighted by Crippen LogP contribution is -2.43. The topological polar surface area (TPSA) is 24.1 Å². The molecule has 2 aliphatic heterocycles. The van der Waals surface area contributed by atoms with Crippen LogP contribution in [0.15, 0.2) is 0 Å². The zero-order valence-corrected chi connectivity index (χ0v) is 8.52. The molecule has 2 heteroatoms. The molecular weight excluding hydrogens is 160 g/mol. The SMILES string of the molecule is C1CCN[C@H]([C@@H]2CCCNC2)CC1. The van der Waals surface area contributed by atoms with Crippen LogP contribution >= 0.6 is 0 Å². The van der Waals surface area contributed by atoms with Crippen molar-refractivity contribution in [3.63, 3.8) is 0 Å². The molecule has 0 amide bonds. The molecule has 2 nitrogen and oxygen atoms in total. The van der Waals surface area contributed by atoms with E-state index in [9.17, 15) is 0 Å². The van der Waals surface area contributed by atoms with Gasteiger partial charge in [-0.1, -0.05) is 12.8 Å². The van der Waals surface area contributed by atoms with Gasteiger partial charge in [-0.05, 0) is 51.2 Å². The largest absolute Gasteiger partial charge is 0.316 e. The molecule has 0 radical (unpaired) electrons. The Kier molecular flexibility index (Phi) is 3.62. The average Bonchev–Trinajstić information content (AvgIpc) is 2.47. The van der Waals surface area contributed by atoms with Crippen LogP contribution in [0.2, 0.25) is 0 Å². The third-order valence-corrected chi connectivity index (χ3v) is 3.50. The zero-order valence-electron chi connectivity index (χ0n) is 8.52. The third kappa shape index (κ3) is 2.68. The highest BCUT2D eigenvalue weighted by molar-refractivity contribution is 4.82. The summed E-state index contributed by atoms with van der Waals surface area (Å²) in [5, 5.41) is 7.22. The second kappa shape index (κ2) is 4.97. The van der Waals surface area contributed by atoms with Gasteiger partial charge in [-0.2, -0.15) is 0 Å². The molecule has 0 saturated carbocycles. The van der Waals surface area contributed by atoms with E-state index in [1.165, 1.54) is 58.2 Å². The summed E-state index contributed by atoms with van der Waals surface area (Å²) < 4.78 is 0. The van der Waals surface area contributed by atoms with Crippen molar-refractivity contribution in [3.05, 3.63) is 0 Å². The van der Waals surface area contributed by atoms with Crippen molar-refractivity contribution >= 4 is 0 Å². The molecule has 13 heavy (non-hydrogen) atoms. The van der Waals surface area contributed by atoms with E-state index in [1.807, 2.05) is 0 Å². The first-order valence-corrected chi connectivity index (χ1v) is 5.91. The van der Waals surface area contributed by atoms with E-state index < -0.39 is 0 Å². The zero-order chi connectivity index (χ0) is 8.93. The number of rotatable bonds is 1. The van der Waals surface area contributed by atoms with Crippen molar-refractivity contribution < 1.29 is 0 Å². The summed E-state index contributed by atoms with van der Waals surface area (Å²) in [5.74, 6) is 0.909. The van der Waals surface area contributed by atoms with Crippen LogP contribution in [0.3, 0.4) is 0 Å². The molecule has 2 saturated heterocycles. The first-order chi connectivity index (χ1) is 6.47. The fourth-order valence-corrected chi connectivity index (χ4v) is 2.68. The Morgan fingerprint density at radius 3 is 2.69 bits per heavy atom. The molecule has 2 aliphatic rings. The number of piperidine rings is 1. The minimum Gasteiger partial charge on any atom is -0.316 e. The van der Waals surface area contributed by atoms with Crippen molar-refractivity contribution in [2.75, 3.05) is 19.6 Å². The Hall–Kier alpha value is -0.0800. The van der Waals surface area contributed by atoms with Gasteiger partial charge in [0, 0.05) is 6.04 Å². The Morgan fingerprint density at radius 2 is 1.85 bits per heavy atom. The van der Waals surface area contributed by atoms with E-state index in [4.69, 9.17) is 0 Å². The van der Waals surface area contributed by atoms with Crippen LogP contribution in [-0.4, -0.2) is 25.7 Å². The molecular formula is C11H22N2. The quantitative estimate of drug-likeness (QED) is 0.642. The van der Waals surface area contributed by atoms with Gasteiger partial charge in [0.2, 0.25) is 0 Å². The highest BCUT2D eigenvalue weighted by Gasteiger charge is 2.23. The van der Waals surface area contributed by atoms with Crippen molar-refractivity contribution in [1.29, 1.82) is 0 Å². The summed E-state index contributed by atoms with van der Waals surface area (Å²) in [6.45, 7) is 3.74. The van der Waals surface area contributed by atoms with Gasteiger partial charge in [0.25, 0.3) is 0 Å². The Bertz CT molecular complexity index is 133. The van der Waals surface area contributed by atoms with Gasteiger partial charge in [0.1, 0.15) is 0 Å². The van der Waals surface area contributed by atoms with E-state index in [0.717, 1.165) is 12.0 Å². The van der Waals surface area contributed by atoms with Gasteiger partial charge < -0.3 is 10.6 Å². The number of hydrogen-bond donors (Lipinski definition) is 2. The van der Waals surface area contributed by atoms with Crippen LogP contribution in [-0.2, 0) is 0 Å². The standard InChI is InChI=1S/C11H22N2/c1-2-6-11(13-8-3-1)10-5-4-7-12-9-10/h10-13H,1-9H2/t10-,11+/m1/s1. The first-order valence-electron chi connectivity index (χ1n) is 5.91. The molecule has 2 heterocycles. The van der Waals surface area contributed by atoms with Crippen LogP contribution in [0.1, 0.15) is 38.5 Å². The van der Waals surface area contributed by atoms with Gasteiger partial charge in [-0.25, -0.2) is 0 Å². The Morgan fingerprint density at radius 1 is 0.846 bits per heavy atom. The molecule has 0 aliphatic carbocycles. The Labute approximate surface area is 81.5 Å². The lowest BCUT2D eigenvalue weighted by molar-refractivity contribution is 0.279. The van der Waals surface area contributed by atoms with Gasteiger partial charge >= 0.3 is 0 Å².